The fraction of sp³-hybridized carbons (Fsp3) is 0.923. The van der Waals surface area contributed by atoms with E-state index >= 15 is 0 Å². The van der Waals surface area contributed by atoms with Crippen molar-refractivity contribution >= 4 is 5.78 Å². The van der Waals surface area contributed by atoms with Gasteiger partial charge < -0.3 is 9.80 Å². The summed E-state index contributed by atoms with van der Waals surface area (Å²) < 4.78 is 0. The van der Waals surface area contributed by atoms with Crippen molar-refractivity contribution in [2.75, 3.05) is 27.2 Å². The smallest absolute Gasteiger partial charge is 0.133 e. The average molecular weight is 224 g/mol. The minimum absolute atomic E-state index is 0.472. The summed E-state index contributed by atoms with van der Waals surface area (Å²) in [6, 6.07) is 1.46. The molecule has 92 valence electrons. The lowest BCUT2D eigenvalue weighted by molar-refractivity contribution is -0.121. The third kappa shape index (κ3) is 2.83. The van der Waals surface area contributed by atoms with Crippen molar-refractivity contribution in [3.8, 4) is 0 Å². The second-order valence-electron chi connectivity index (χ2n) is 5.50. The van der Waals surface area contributed by atoms with Crippen LogP contribution in [0.1, 0.15) is 38.5 Å². The molecule has 2 rings (SSSR count). The molecule has 0 aromatic carbocycles. The van der Waals surface area contributed by atoms with E-state index in [1.54, 1.807) is 0 Å². The molecule has 0 atom stereocenters. The molecule has 0 unspecified atom stereocenters. The van der Waals surface area contributed by atoms with Crippen LogP contribution in [0.5, 0.6) is 0 Å². The molecule has 1 saturated heterocycles. The lowest BCUT2D eigenvalue weighted by Crippen LogP contribution is -2.47. The summed E-state index contributed by atoms with van der Waals surface area (Å²) in [6.07, 6.45) is 6.42. The van der Waals surface area contributed by atoms with Crippen molar-refractivity contribution in [2.24, 2.45) is 0 Å². The van der Waals surface area contributed by atoms with E-state index in [1.807, 2.05) is 0 Å². The van der Waals surface area contributed by atoms with Crippen molar-refractivity contribution in [1.29, 1.82) is 0 Å². The van der Waals surface area contributed by atoms with Crippen LogP contribution in [0.3, 0.4) is 0 Å². The first-order valence-corrected chi connectivity index (χ1v) is 6.59. The highest BCUT2D eigenvalue weighted by molar-refractivity contribution is 5.79. The summed E-state index contributed by atoms with van der Waals surface area (Å²) in [5, 5.41) is 0. The second-order valence-corrected chi connectivity index (χ2v) is 5.50. The Kier molecular flexibility index (Phi) is 3.98. The van der Waals surface area contributed by atoms with Gasteiger partial charge in [0.15, 0.2) is 0 Å². The predicted octanol–water partition coefficient (Wildman–Crippen LogP) is 1.52. The molecule has 0 amide bonds. The molecule has 2 aliphatic rings. The van der Waals surface area contributed by atoms with E-state index in [-0.39, 0.29) is 0 Å². The molecular weight excluding hydrogens is 200 g/mol. The molecule has 1 aliphatic carbocycles. The van der Waals surface area contributed by atoms with Crippen molar-refractivity contribution < 1.29 is 4.79 Å². The van der Waals surface area contributed by atoms with Gasteiger partial charge >= 0.3 is 0 Å². The Bertz CT molecular complexity index is 234. The summed E-state index contributed by atoms with van der Waals surface area (Å²) in [4.78, 5) is 16.2. The van der Waals surface area contributed by atoms with Gasteiger partial charge in [0.2, 0.25) is 0 Å². The van der Waals surface area contributed by atoms with Gasteiger partial charge in [-0.15, -0.1) is 0 Å². The van der Waals surface area contributed by atoms with Gasteiger partial charge in [0.1, 0.15) is 5.78 Å². The van der Waals surface area contributed by atoms with Crippen LogP contribution in [0.2, 0.25) is 0 Å². The number of carbonyl (C=O) groups is 1. The predicted molar refractivity (Wildman–Crippen MR) is 65.5 cm³/mol. The van der Waals surface area contributed by atoms with Crippen molar-refractivity contribution in [3.63, 3.8) is 0 Å². The molecule has 0 N–H and O–H groups in total. The van der Waals surface area contributed by atoms with Gasteiger partial charge in [0.25, 0.3) is 0 Å². The molecule has 1 aliphatic heterocycles. The summed E-state index contributed by atoms with van der Waals surface area (Å²) >= 11 is 0. The zero-order chi connectivity index (χ0) is 11.5. The van der Waals surface area contributed by atoms with Crippen LogP contribution in [0.15, 0.2) is 0 Å². The molecule has 16 heavy (non-hydrogen) atoms. The maximum atomic E-state index is 11.2. The molecule has 0 spiro atoms. The second kappa shape index (κ2) is 5.28. The van der Waals surface area contributed by atoms with Crippen molar-refractivity contribution in [2.45, 2.75) is 50.6 Å². The van der Waals surface area contributed by atoms with E-state index in [2.05, 4.69) is 23.9 Å². The normalized spacial score (nSPS) is 26.6. The molecule has 0 aromatic rings. The number of ketones is 1. The lowest BCUT2D eigenvalue weighted by Gasteiger charge is -2.40. The molecule has 3 heteroatoms. The Labute approximate surface area is 98.8 Å². The zero-order valence-electron chi connectivity index (χ0n) is 10.6. The molecule has 0 aromatic heterocycles. The van der Waals surface area contributed by atoms with Crippen LogP contribution in [-0.2, 0) is 4.79 Å². The van der Waals surface area contributed by atoms with Gasteiger partial charge in [0.05, 0.1) is 0 Å². The Balaban J connectivity index is 1.78. The van der Waals surface area contributed by atoms with Crippen LogP contribution in [-0.4, -0.2) is 54.9 Å². The van der Waals surface area contributed by atoms with Gasteiger partial charge in [-0.3, -0.25) is 4.79 Å². The SMILES string of the molecule is CN(C)C1CCN(C2CCC(=O)CC2)CC1. The number of hydrogen-bond donors (Lipinski definition) is 0. The highest BCUT2D eigenvalue weighted by Gasteiger charge is 2.28. The summed E-state index contributed by atoms with van der Waals surface area (Å²) in [5.41, 5.74) is 0. The van der Waals surface area contributed by atoms with Crippen molar-refractivity contribution in [3.05, 3.63) is 0 Å². The largest absolute Gasteiger partial charge is 0.306 e. The number of nitrogens with zero attached hydrogens (tertiary/aromatic N) is 2. The number of Topliss-reactive ketones (excluding diaryl/α,β-unsaturated/α-hetero) is 1. The fourth-order valence-corrected chi connectivity index (χ4v) is 3.06. The first-order valence-electron chi connectivity index (χ1n) is 6.59. The third-order valence-corrected chi connectivity index (χ3v) is 4.26. The van der Waals surface area contributed by atoms with Gasteiger partial charge in [-0.25, -0.2) is 0 Å². The van der Waals surface area contributed by atoms with Crippen LogP contribution >= 0.6 is 0 Å². The third-order valence-electron chi connectivity index (χ3n) is 4.26. The highest BCUT2D eigenvalue weighted by Crippen LogP contribution is 2.24. The fourth-order valence-electron chi connectivity index (χ4n) is 3.06. The van der Waals surface area contributed by atoms with E-state index < -0.39 is 0 Å². The number of hydrogen-bond acceptors (Lipinski definition) is 3. The number of carbonyl (C=O) groups excluding carboxylic acids is 1. The molecule has 0 radical (unpaired) electrons. The standard InChI is InChI=1S/C13H24N2O/c1-14(2)11-7-9-15(10-8-11)12-3-5-13(16)6-4-12/h11-12H,3-10H2,1-2H3. The first kappa shape index (κ1) is 12.1. The molecule has 1 saturated carbocycles. The van der Waals surface area contributed by atoms with Gasteiger partial charge in [-0.1, -0.05) is 0 Å². The Morgan fingerprint density at radius 2 is 1.62 bits per heavy atom. The zero-order valence-corrected chi connectivity index (χ0v) is 10.6. The number of rotatable bonds is 2. The summed E-state index contributed by atoms with van der Waals surface area (Å²) in [6.45, 7) is 2.45. The van der Waals surface area contributed by atoms with Crippen LogP contribution in [0, 0.1) is 0 Å². The number of piperidine rings is 1. The maximum absolute atomic E-state index is 11.2. The van der Waals surface area contributed by atoms with E-state index in [0.29, 0.717) is 11.8 Å². The topological polar surface area (TPSA) is 23.6 Å². The lowest BCUT2D eigenvalue weighted by atomic mass is 9.91. The summed E-state index contributed by atoms with van der Waals surface area (Å²) in [7, 11) is 4.36. The quantitative estimate of drug-likeness (QED) is 0.710. The Hall–Kier alpha value is -0.410. The van der Waals surface area contributed by atoms with E-state index in [9.17, 15) is 4.79 Å². The van der Waals surface area contributed by atoms with E-state index in [0.717, 1.165) is 31.7 Å². The van der Waals surface area contributed by atoms with Crippen LogP contribution in [0.4, 0.5) is 0 Å². The van der Waals surface area contributed by atoms with E-state index in [1.165, 1.54) is 25.9 Å². The van der Waals surface area contributed by atoms with Gasteiger partial charge in [0, 0.05) is 24.9 Å². The summed E-state index contributed by atoms with van der Waals surface area (Å²) in [5.74, 6) is 0.472. The highest BCUT2D eigenvalue weighted by atomic mass is 16.1. The number of likely N-dealkylation sites (tertiary alicyclic amines) is 1. The average Bonchev–Trinajstić information content (AvgIpc) is 2.30. The van der Waals surface area contributed by atoms with Crippen LogP contribution < -0.4 is 0 Å². The Morgan fingerprint density at radius 3 is 2.12 bits per heavy atom. The molecule has 0 bridgehead atoms. The van der Waals surface area contributed by atoms with Crippen molar-refractivity contribution in [1.82, 2.24) is 9.80 Å². The molecule has 3 nitrogen and oxygen atoms in total. The van der Waals surface area contributed by atoms with E-state index in [4.69, 9.17) is 0 Å². The van der Waals surface area contributed by atoms with Crippen LogP contribution in [0.25, 0.3) is 0 Å². The minimum atomic E-state index is 0.472. The maximum Gasteiger partial charge on any atom is 0.133 e. The molecular formula is C13H24N2O. The first-order chi connectivity index (χ1) is 7.66. The monoisotopic (exact) mass is 224 g/mol. The molecule has 1 heterocycles. The Morgan fingerprint density at radius 1 is 1.06 bits per heavy atom. The van der Waals surface area contributed by atoms with Gasteiger partial charge in [-0.2, -0.15) is 0 Å². The minimum Gasteiger partial charge on any atom is -0.306 e. The van der Waals surface area contributed by atoms with Gasteiger partial charge in [-0.05, 0) is 52.9 Å². The molecule has 2 fully saturated rings.